The number of aryl methyl sites for hydroxylation is 1. The fourth-order valence-corrected chi connectivity index (χ4v) is 3.23. The van der Waals surface area contributed by atoms with Gasteiger partial charge in [0.05, 0.1) is 12.1 Å². The van der Waals surface area contributed by atoms with Crippen LogP contribution in [0.5, 0.6) is 0 Å². The maximum absolute atomic E-state index is 6.38. The van der Waals surface area contributed by atoms with E-state index in [1.54, 1.807) is 11.8 Å². The molecule has 5 heteroatoms. The predicted octanol–water partition coefficient (Wildman–Crippen LogP) is 5.14. The molecule has 0 saturated carbocycles. The zero-order valence-corrected chi connectivity index (χ0v) is 15.0. The van der Waals surface area contributed by atoms with Crippen LogP contribution in [-0.2, 0) is 13.1 Å². The number of furan rings is 1. The number of thioether (sulfide) groups is 1. The molecule has 3 nitrogen and oxygen atoms in total. The maximum Gasteiger partial charge on any atom is 0.134 e. The predicted molar refractivity (Wildman–Crippen MR) is 97.2 cm³/mol. The van der Waals surface area contributed by atoms with Crippen LogP contribution < -0.4 is 0 Å². The van der Waals surface area contributed by atoms with Gasteiger partial charge in [-0.2, -0.15) is 0 Å². The molecule has 0 amide bonds. The Morgan fingerprint density at radius 2 is 2.00 bits per heavy atom. The fourth-order valence-electron chi connectivity index (χ4n) is 2.59. The molecule has 0 spiro atoms. The fraction of sp³-hybridized carbons (Fsp3) is 0.278. The van der Waals surface area contributed by atoms with E-state index in [2.05, 4.69) is 47.5 Å². The van der Waals surface area contributed by atoms with Gasteiger partial charge in [0.25, 0.3) is 0 Å². The molecular formula is C18H19ClN2OS. The van der Waals surface area contributed by atoms with Crippen LogP contribution in [0.4, 0.5) is 0 Å². The molecule has 0 aliphatic rings. The highest BCUT2D eigenvalue weighted by molar-refractivity contribution is 7.98. The molecule has 0 bridgehead atoms. The average molecular weight is 347 g/mol. The highest BCUT2D eigenvalue weighted by atomic mass is 35.5. The van der Waals surface area contributed by atoms with Gasteiger partial charge in [0.2, 0.25) is 0 Å². The molecule has 23 heavy (non-hydrogen) atoms. The van der Waals surface area contributed by atoms with Gasteiger partial charge in [-0.15, -0.1) is 11.8 Å². The van der Waals surface area contributed by atoms with Gasteiger partial charge in [0.15, 0.2) is 0 Å². The second-order valence-corrected chi connectivity index (χ2v) is 6.92. The molecule has 120 valence electrons. The molecule has 0 aliphatic heterocycles. The molecule has 2 heterocycles. The van der Waals surface area contributed by atoms with Gasteiger partial charge in [0, 0.05) is 22.4 Å². The zero-order valence-electron chi connectivity index (χ0n) is 13.5. The van der Waals surface area contributed by atoms with Crippen LogP contribution in [0.2, 0.25) is 5.15 Å². The Labute approximate surface area is 145 Å². The summed E-state index contributed by atoms with van der Waals surface area (Å²) in [4.78, 5) is 7.91. The highest BCUT2D eigenvalue weighted by Crippen LogP contribution is 2.25. The lowest BCUT2D eigenvalue weighted by atomic mass is 10.1. The highest BCUT2D eigenvalue weighted by Gasteiger charge is 2.10. The van der Waals surface area contributed by atoms with Crippen molar-refractivity contribution in [1.82, 2.24) is 9.88 Å². The largest absolute Gasteiger partial charge is 0.465 e. The summed E-state index contributed by atoms with van der Waals surface area (Å²) in [5.74, 6) is 1.89. The van der Waals surface area contributed by atoms with Crippen LogP contribution in [0.25, 0.3) is 10.9 Å². The summed E-state index contributed by atoms with van der Waals surface area (Å²) in [7, 11) is 2.05. The third-order valence-electron chi connectivity index (χ3n) is 3.71. The lowest BCUT2D eigenvalue weighted by Crippen LogP contribution is -2.17. The second kappa shape index (κ2) is 6.95. The molecule has 1 aromatic carbocycles. The summed E-state index contributed by atoms with van der Waals surface area (Å²) in [5, 5.41) is 1.68. The topological polar surface area (TPSA) is 29.3 Å². The van der Waals surface area contributed by atoms with Gasteiger partial charge in [-0.05, 0) is 50.6 Å². The molecule has 0 unspecified atom stereocenters. The van der Waals surface area contributed by atoms with Crippen LogP contribution in [0.1, 0.15) is 17.1 Å². The van der Waals surface area contributed by atoms with Gasteiger partial charge >= 0.3 is 0 Å². The first-order valence-electron chi connectivity index (χ1n) is 7.42. The molecule has 0 saturated heterocycles. The Morgan fingerprint density at radius 3 is 2.70 bits per heavy atom. The molecule has 3 rings (SSSR count). The van der Waals surface area contributed by atoms with Crippen molar-refractivity contribution in [2.75, 3.05) is 13.3 Å². The lowest BCUT2D eigenvalue weighted by molar-refractivity contribution is 0.285. The summed E-state index contributed by atoms with van der Waals surface area (Å²) in [6.07, 6.45) is 2.06. The molecule has 3 aromatic rings. The van der Waals surface area contributed by atoms with Crippen molar-refractivity contribution < 1.29 is 4.42 Å². The normalized spacial score (nSPS) is 11.5. The van der Waals surface area contributed by atoms with E-state index in [1.807, 2.05) is 19.1 Å². The molecule has 0 radical (unpaired) electrons. The number of aromatic nitrogens is 1. The quantitative estimate of drug-likeness (QED) is 0.472. The van der Waals surface area contributed by atoms with E-state index >= 15 is 0 Å². The van der Waals surface area contributed by atoms with Crippen LogP contribution in [0.3, 0.4) is 0 Å². The van der Waals surface area contributed by atoms with Gasteiger partial charge < -0.3 is 4.42 Å². The van der Waals surface area contributed by atoms with Crippen LogP contribution in [0, 0.1) is 6.92 Å². The summed E-state index contributed by atoms with van der Waals surface area (Å²) in [6.45, 7) is 3.43. The van der Waals surface area contributed by atoms with E-state index in [-0.39, 0.29) is 0 Å². The minimum Gasteiger partial charge on any atom is -0.465 e. The Balaban J connectivity index is 1.80. The third kappa shape index (κ3) is 3.89. The first-order chi connectivity index (χ1) is 11.0. The number of hydrogen-bond donors (Lipinski definition) is 0. The molecule has 0 aliphatic carbocycles. The van der Waals surface area contributed by atoms with Crippen LogP contribution in [0.15, 0.2) is 45.7 Å². The first-order valence-corrected chi connectivity index (χ1v) is 9.02. The van der Waals surface area contributed by atoms with E-state index in [4.69, 9.17) is 16.0 Å². The minimum absolute atomic E-state index is 0.568. The van der Waals surface area contributed by atoms with E-state index in [1.165, 1.54) is 4.90 Å². The van der Waals surface area contributed by atoms with Gasteiger partial charge in [-0.3, -0.25) is 4.90 Å². The van der Waals surface area contributed by atoms with Crippen LogP contribution >= 0.6 is 23.4 Å². The van der Waals surface area contributed by atoms with E-state index in [0.717, 1.165) is 41.1 Å². The number of rotatable bonds is 5. The smallest absolute Gasteiger partial charge is 0.134 e. The third-order valence-corrected chi connectivity index (χ3v) is 4.77. The maximum atomic E-state index is 6.38. The molecule has 0 atom stereocenters. The van der Waals surface area contributed by atoms with Gasteiger partial charge in [0.1, 0.15) is 16.7 Å². The molecule has 0 fully saturated rings. The lowest BCUT2D eigenvalue weighted by Gasteiger charge is -2.16. The monoisotopic (exact) mass is 346 g/mol. The van der Waals surface area contributed by atoms with Crippen molar-refractivity contribution in [2.45, 2.75) is 24.9 Å². The Kier molecular flexibility index (Phi) is 4.95. The summed E-state index contributed by atoms with van der Waals surface area (Å²) < 4.78 is 5.63. The standard InChI is InChI=1S/C18H19ClN2OS/c1-12-4-6-15(22-12)11-21(2)10-14-8-13-5-7-16(23-3)9-17(13)20-18(14)19/h4-9H,10-11H2,1-3H3. The molecular weight excluding hydrogens is 328 g/mol. The van der Waals surface area contributed by atoms with Gasteiger partial charge in [-0.25, -0.2) is 4.98 Å². The van der Waals surface area contributed by atoms with E-state index in [0.29, 0.717) is 5.15 Å². The number of halogens is 1. The van der Waals surface area contributed by atoms with Crippen molar-refractivity contribution >= 4 is 34.3 Å². The Bertz CT molecular complexity index is 831. The second-order valence-electron chi connectivity index (χ2n) is 5.68. The summed E-state index contributed by atoms with van der Waals surface area (Å²) in [5.41, 5.74) is 1.97. The number of hydrogen-bond acceptors (Lipinski definition) is 4. The Hall–Kier alpha value is -1.49. The van der Waals surface area contributed by atoms with E-state index < -0.39 is 0 Å². The van der Waals surface area contributed by atoms with Crippen molar-refractivity contribution in [2.24, 2.45) is 0 Å². The SMILES string of the molecule is CSc1ccc2cc(CN(C)Cc3ccc(C)o3)c(Cl)nc2c1. The van der Waals surface area contributed by atoms with Crippen molar-refractivity contribution in [3.63, 3.8) is 0 Å². The van der Waals surface area contributed by atoms with Gasteiger partial charge in [-0.1, -0.05) is 17.7 Å². The van der Waals surface area contributed by atoms with Crippen LogP contribution in [-0.4, -0.2) is 23.2 Å². The number of benzene rings is 1. The minimum atomic E-state index is 0.568. The van der Waals surface area contributed by atoms with Crippen molar-refractivity contribution in [1.29, 1.82) is 0 Å². The molecule has 2 aromatic heterocycles. The van der Waals surface area contributed by atoms with Crippen molar-refractivity contribution in [3.8, 4) is 0 Å². The summed E-state index contributed by atoms with van der Waals surface area (Å²) >= 11 is 8.09. The van der Waals surface area contributed by atoms with Crippen molar-refractivity contribution in [3.05, 3.63) is 58.6 Å². The molecule has 0 N–H and O–H groups in total. The zero-order chi connectivity index (χ0) is 16.4. The first kappa shape index (κ1) is 16.4. The number of pyridine rings is 1. The number of fused-ring (bicyclic) bond motifs is 1. The average Bonchev–Trinajstić information content (AvgIpc) is 2.92. The Morgan fingerprint density at radius 1 is 1.17 bits per heavy atom. The number of nitrogens with zero attached hydrogens (tertiary/aromatic N) is 2. The van der Waals surface area contributed by atoms with E-state index in [9.17, 15) is 0 Å². The summed E-state index contributed by atoms with van der Waals surface area (Å²) in [6, 6.07) is 12.4.